The van der Waals surface area contributed by atoms with E-state index in [2.05, 4.69) is 12.3 Å². The highest BCUT2D eigenvalue weighted by Gasteiger charge is 2.47. The van der Waals surface area contributed by atoms with E-state index in [0.29, 0.717) is 17.4 Å². The molecule has 2 heterocycles. The molecule has 0 aromatic rings. The Hall–Kier alpha value is -0.160. The smallest absolute Gasteiger partial charge is 0.0939 e. The molecule has 4 heteroatoms. The molecular weight excluding hydrogens is 252 g/mol. The predicted octanol–water partition coefficient (Wildman–Crippen LogP) is 2.37. The van der Waals surface area contributed by atoms with Crippen LogP contribution >= 0.6 is 0 Å². The van der Waals surface area contributed by atoms with E-state index in [9.17, 15) is 0 Å². The van der Waals surface area contributed by atoms with Gasteiger partial charge in [-0.15, -0.1) is 0 Å². The average Bonchev–Trinajstić information content (AvgIpc) is 2.88. The Morgan fingerprint density at radius 1 is 1.15 bits per heavy atom. The molecular formula is C16H30N2O2. The maximum atomic E-state index is 6.08. The van der Waals surface area contributed by atoms with E-state index in [-0.39, 0.29) is 5.60 Å². The fraction of sp³-hybridized carbons (Fsp3) is 1.00. The van der Waals surface area contributed by atoms with Gasteiger partial charge >= 0.3 is 0 Å². The Morgan fingerprint density at radius 3 is 2.60 bits per heavy atom. The van der Waals surface area contributed by atoms with Crippen LogP contribution in [0.1, 0.15) is 58.3 Å². The number of nitrogens with one attached hydrogen (secondary N) is 1. The second kappa shape index (κ2) is 5.91. The molecule has 0 radical (unpaired) electrons. The molecule has 3 fully saturated rings. The predicted molar refractivity (Wildman–Crippen MR) is 79.1 cm³/mol. The molecule has 4 nitrogen and oxygen atoms in total. The molecule has 1 spiro atoms. The van der Waals surface area contributed by atoms with E-state index in [4.69, 9.17) is 15.3 Å². The van der Waals surface area contributed by atoms with Gasteiger partial charge in [0.2, 0.25) is 0 Å². The largest absolute Gasteiger partial charge is 0.378 e. The van der Waals surface area contributed by atoms with Crippen molar-refractivity contribution < 1.29 is 9.47 Å². The van der Waals surface area contributed by atoms with E-state index in [1.165, 1.54) is 32.1 Å². The zero-order valence-electron chi connectivity index (χ0n) is 12.8. The van der Waals surface area contributed by atoms with Crippen LogP contribution in [0.15, 0.2) is 0 Å². The summed E-state index contributed by atoms with van der Waals surface area (Å²) in [4.78, 5) is 0. The molecule has 2 saturated heterocycles. The minimum absolute atomic E-state index is 0.0109. The van der Waals surface area contributed by atoms with Gasteiger partial charge in [0.25, 0.3) is 0 Å². The van der Waals surface area contributed by atoms with Gasteiger partial charge in [0.1, 0.15) is 0 Å². The van der Waals surface area contributed by atoms with Crippen LogP contribution < -0.4 is 11.3 Å². The van der Waals surface area contributed by atoms with Crippen molar-refractivity contribution in [2.45, 2.75) is 69.9 Å². The fourth-order valence-electron chi connectivity index (χ4n) is 4.79. The molecule has 0 aromatic carbocycles. The van der Waals surface area contributed by atoms with Crippen molar-refractivity contribution in [1.29, 1.82) is 0 Å². The molecule has 2 aliphatic heterocycles. The van der Waals surface area contributed by atoms with Crippen LogP contribution in [0.3, 0.4) is 0 Å². The van der Waals surface area contributed by atoms with Gasteiger partial charge in [0, 0.05) is 25.7 Å². The number of hydrazine groups is 1. The summed E-state index contributed by atoms with van der Waals surface area (Å²) >= 11 is 0. The first-order valence-corrected chi connectivity index (χ1v) is 8.35. The molecule has 3 aliphatic rings. The highest BCUT2D eigenvalue weighted by Crippen LogP contribution is 2.46. The summed E-state index contributed by atoms with van der Waals surface area (Å²) in [5, 5.41) is 0. The number of hydrogen-bond acceptors (Lipinski definition) is 4. The second-order valence-electron chi connectivity index (χ2n) is 7.45. The van der Waals surface area contributed by atoms with Gasteiger partial charge in [-0.25, -0.2) is 0 Å². The first kappa shape index (κ1) is 14.8. The van der Waals surface area contributed by atoms with Crippen LogP contribution in [0.4, 0.5) is 0 Å². The molecule has 1 saturated carbocycles. The van der Waals surface area contributed by atoms with Gasteiger partial charge in [0.15, 0.2) is 0 Å². The summed E-state index contributed by atoms with van der Waals surface area (Å²) in [6.07, 6.45) is 10.0. The van der Waals surface area contributed by atoms with Gasteiger partial charge in [-0.1, -0.05) is 26.2 Å². The van der Waals surface area contributed by atoms with E-state index < -0.39 is 0 Å². The van der Waals surface area contributed by atoms with Crippen molar-refractivity contribution in [3.8, 4) is 0 Å². The van der Waals surface area contributed by atoms with Crippen molar-refractivity contribution in [3.05, 3.63) is 0 Å². The number of hydrogen-bond donors (Lipinski definition) is 2. The number of rotatable bonds is 3. The Labute approximate surface area is 122 Å². The van der Waals surface area contributed by atoms with E-state index >= 15 is 0 Å². The van der Waals surface area contributed by atoms with Gasteiger partial charge in [0.05, 0.1) is 12.2 Å². The summed E-state index contributed by atoms with van der Waals surface area (Å²) in [7, 11) is 0. The molecule has 1 aliphatic carbocycles. The lowest BCUT2D eigenvalue weighted by molar-refractivity contribution is -0.111. The van der Waals surface area contributed by atoms with Crippen LogP contribution in [-0.2, 0) is 9.47 Å². The molecule has 3 atom stereocenters. The van der Waals surface area contributed by atoms with Gasteiger partial charge in [-0.3, -0.25) is 11.3 Å². The Bertz CT molecular complexity index is 322. The molecule has 3 N–H and O–H groups in total. The molecule has 0 bridgehead atoms. The standard InChI is InChI=1S/C16H30N2O2/c1-15(6-3-2-4-7-15)14(18-17)13-5-9-20-16(11-13)8-10-19-12-16/h13-14,18H,2-12,17H2,1H3. The van der Waals surface area contributed by atoms with Crippen LogP contribution in [-0.4, -0.2) is 31.5 Å². The first-order chi connectivity index (χ1) is 9.68. The molecule has 0 aromatic heterocycles. The average molecular weight is 282 g/mol. The molecule has 0 amide bonds. The van der Waals surface area contributed by atoms with Gasteiger partial charge < -0.3 is 9.47 Å². The third-order valence-electron chi connectivity index (χ3n) is 6.00. The van der Waals surface area contributed by atoms with Crippen molar-refractivity contribution in [2.24, 2.45) is 17.2 Å². The Balaban J connectivity index is 1.71. The normalized spacial score (nSPS) is 39.0. The maximum absolute atomic E-state index is 6.08. The summed E-state index contributed by atoms with van der Waals surface area (Å²) < 4.78 is 11.7. The first-order valence-electron chi connectivity index (χ1n) is 8.35. The SMILES string of the molecule is CC1(C(NN)C2CCOC3(CCOC3)C2)CCCCC1. The maximum Gasteiger partial charge on any atom is 0.0939 e. The monoisotopic (exact) mass is 282 g/mol. The molecule has 3 rings (SSSR count). The third kappa shape index (κ3) is 2.76. The summed E-state index contributed by atoms with van der Waals surface area (Å²) in [5.74, 6) is 6.61. The second-order valence-corrected chi connectivity index (χ2v) is 7.45. The zero-order chi connectivity index (χ0) is 14.1. The van der Waals surface area contributed by atoms with Crippen molar-refractivity contribution in [3.63, 3.8) is 0 Å². The number of ether oxygens (including phenoxy) is 2. The topological polar surface area (TPSA) is 56.5 Å². The lowest BCUT2D eigenvalue weighted by Crippen LogP contribution is -2.56. The summed E-state index contributed by atoms with van der Waals surface area (Å²) in [5.41, 5.74) is 3.54. The van der Waals surface area contributed by atoms with Crippen LogP contribution in [0.2, 0.25) is 0 Å². The van der Waals surface area contributed by atoms with E-state index in [1.54, 1.807) is 0 Å². The third-order valence-corrected chi connectivity index (χ3v) is 6.00. The minimum atomic E-state index is -0.0109. The van der Waals surface area contributed by atoms with Crippen LogP contribution in [0.25, 0.3) is 0 Å². The van der Waals surface area contributed by atoms with E-state index in [1.807, 2.05) is 0 Å². The van der Waals surface area contributed by atoms with Crippen LogP contribution in [0, 0.1) is 11.3 Å². The summed E-state index contributed by atoms with van der Waals surface area (Å²) in [6.45, 7) is 4.93. The lowest BCUT2D eigenvalue weighted by Gasteiger charge is -2.48. The van der Waals surface area contributed by atoms with Crippen molar-refractivity contribution >= 4 is 0 Å². The molecule has 3 unspecified atom stereocenters. The van der Waals surface area contributed by atoms with Crippen molar-refractivity contribution in [2.75, 3.05) is 19.8 Å². The van der Waals surface area contributed by atoms with Gasteiger partial charge in [-0.2, -0.15) is 0 Å². The van der Waals surface area contributed by atoms with E-state index in [0.717, 1.165) is 39.1 Å². The molecule has 116 valence electrons. The Kier molecular flexibility index (Phi) is 4.37. The van der Waals surface area contributed by atoms with Crippen molar-refractivity contribution in [1.82, 2.24) is 5.43 Å². The summed E-state index contributed by atoms with van der Waals surface area (Å²) in [6, 6.07) is 0.421. The lowest BCUT2D eigenvalue weighted by atomic mass is 9.64. The fourth-order valence-corrected chi connectivity index (χ4v) is 4.79. The zero-order valence-corrected chi connectivity index (χ0v) is 12.8. The van der Waals surface area contributed by atoms with Crippen LogP contribution in [0.5, 0.6) is 0 Å². The number of nitrogens with two attached hydrogens (primary N) is 1. The Morgan fingerprint density at radius 2 is 1.95 bits per heavy atom. The highest BCUT2D eigenvalue weighted by molar-refractivity contribution is 4.99. The molecule has 20 heavy (non-hydrogen) atoms. The highest BCUT2D eigenvalue weighted by atomic mass is 16.6. The van der Waals surface area contributed by atoms with Gasteiger partial charge in [-0.05, 0) is 37.0 Å². The quantitative estimate of drug-likeness (QED) is 0.616. The minimum Gasteiger partial charge on any atom is -0.378 e.